The summed E-state index contributed by atoms with van der Waals surface area (Å²) in [6.07, 6.45) is 1.96. The van der Waals surface area contributed by atoms with Crippen molar-refractivity contribution >= 4 is 5.91 Å². The molecule has 126 valence electrons. The lowest BCUT2D eigenvalue weighted by Crippen LogP contribution is -2.50. The van der Waals surface area contributed by atoms with Crippen LogP contribution in [0.4, 0.5) is 0 Å². The van der Waals surface area contributed by atoms with Gasteiger partial charge in [0.1, 0.15) is 5.69 Å². The maximum Gasteiger partial charge on any atom is 0.254 e. The van der Waals surface area contributed by atoms with Crippen LogP contribution in [-0.4, -0.2) is 38.9 Å². The van der Waals surface area contributed by atoms with Gasteiger partial charge in [0.15, 0.2) is 0 Å². The van der Waals surface area contributed by atoms with E-state index in [-0.39, 0.29) is 11.9 Å². The normalized spacial score (nSPS) is 14.4. The van der Waals surface area contributed by atoms with Gasteiger partial charge in [-0.1, -0.05) is 41.6 Å². The predicted octanol–water partition coefficient (Wildman–Crippen LogP) is 3.26. The quantitative estimate of drug-likeness (QED) is 0.740. The number of hydrogen-bond donors (Lipinski definition) is 0. The number of carbonyl (C=O) groups is 1. The predicted molar refractivity (Wildman–Crippen MR) is 96.3 cm³/mol. The monoisotopic (exact) mass is 332 g/mol. The summed E-state index contributed by atoms with van der Waals surface area (Å²) in [6.45, 7) is 5.43. The van der Waals surface area contributed by atoms with E-state index < -0.39 is 0 Å². The van der Waals surface area contributed by atoms with Crippen LogP contribution >= 0.6 is 0 Å². The number of likely N-dealkylation sites (tertiary alicyclic amines) is 1. The number of aromatic nitrogens is 3. The highest BCUT2D eigenvalue weighted by molar-refractivity contribution is 5.95. The van der Waals surface area contributed by atoms with Crippen LogP contribution in [0.1, 0.15) is 27.5 Å². The van der Waals surface area contributed by atoms with Crippen LogP contribution in [0.3, 0.4) is 0 Å². The molecule has 5 nitrogen and oxygen atoms in total. The Morgan fingerprint density at radius 2 is 1.80 bits per heavy atom. The van der Waals surface area contributed by atoms with Gasteiger partial charge in [0.2, 0.25) is 0 Å². The highest BCUT2D eigenvalue weighted by Crippen LogP contribution is 2.25. The second-order valence-electron chi connectivity index (χ2n) is 6.61. The molecular weight excluding hydrogens is 312 g/mol. The Morgan fingerprint density at radius 3 is 2.52 bits per heavy atom. The Bertz CT molecular complexity index is 910. The van der Waals surface area contributed by atoms with Crippen LogP contribution in [0, 0.1) is 13.8 Å². The van der Waals surface area contributed by atoms with E-state index in [0.29, 0.717) is 13.1 Å². The molecule has 0 atom stereocenters. The van der Waals surface area contributed by atoms with Crippen LogP contribution in [0.5, 0.6) is 0 Å². The number of nitrogens with zero attached hydrogens (tertiary/aromatic N) is 4. The number of benzene rings is 2. The minimum absolute atomic E-state index is 0.0859. The second-order valence-corrected chi connectivity index (χ2v) is 6.61. The molecule has 4 rings (SSSR count). The minimum Gasteiger partial charge on any atom is -0.334 e. The molecule has 2 heterocycles. The summed E-state index contributed by atoms with van der Waals surface area (Å²) >= 11 is 0. The zero-order valence-electron chi connectivity index (χ0n) is 14.4. The lowest BCUT2D eigenvalue weighted by atomic mass is 10.0. The average Bonchev–Trinajstić information content (AvgIpc) is 3.06. The molecule has 1 fully saturated rings. The number of aryl methyl sites for hydroxylation is 2. The molecule has 0 aliphatic carbocycles. The smallest absolute Gasteiger partial charge is 0.254 e. The van der Waals surface area contributed by atoms with Crippen molar-refractivity contribution in [2.24, 2.45) is 0 Å². The molecule has 1 aromatic heterocycles. The van der Waals surface area contributed by atoms with Gasteiger partial charge < -0.3 is 4.90 Å². The zero-order chi connectivity index (χ0) is 17.4. The third-order valence-corrected chi connectivity index (χ3v) is 4.86. The molecule has 1 amide bonds. The highest BCUT2D eigenvalue weighted by Gasteiger charge is 2.33. The molecule has 5 heteroatoms. The first-order valence-corrected chi connectivity index (χ1v) is 8.45. The average molecular weight is 332 g/mol. The molecule has 2 aromatic carbocycles. The van der Waals surface area contributed by atoms with Crippen molar-refractivity contribution in [2.45, 2.75) is 19.9 Å². The van der Waals surface area contributed by atoms with E-state index in [2.05, 4.69) is 17.2 Å². The van der Waals surface area contributed by atoms with Crippen LogP contribution in [-0.2, 0) is 0 Å². The third-order valence-electron chi connectivity index (χ3n) is 4.86. The number of carbonyl (C=O) groups excluding carboxylic acids is 1. The van der Waals surface area contributed by atoms with Gasteiger partial charge in [-0.05, 0) is 37.1 Å². The molecule has 0 bridgehead atoms. The highest BCUT2D eigenvalue weighted by atomic mass is 16.2. The number of rotatable bonds is 3. The Morgan fingerprint density at radius 1 is 1.04 bits per heavy atom. The molecule has 0 spiro atoms. The first-order valence-electron chi connectivity index (χ1n) is 8.45. The molecule has 3 aromatic rings. The summed E-state index contributed by atoms with van der Waals surface area (Å²) in [5.74, 6) is 0.0859. The topological polar surface area (TPSA) is 51.0 Å². The molecule has 1 saturated heterocycles. The SMILES string of the molecule is Cc1ccc(C(=O)N2CC(n3cc(-c4ccccc4)nn3)C2)cc1C. The standard InChI is InChI=1S/C20H20N4O/c1-14-8-9-17(10-15(14)2)20(25)23-11-18(12-23)24-13-19(21-22-24)16-6-4-3-5-7-16/h3-10,13,18H,11-12H2,1-2H3. The van der Waals surface area contributed by atoms with E-state index in [1.807, 2.05) is 71.2 Å². The van der Waals surface area contributed by atoms with Crippen molar-refractivity contribution in [3.63, 3.8) is 0 Å². The minimum atomic E-state index is 0.0859. The van der Waals surface area contributed by atoms with Crippen molar-refractivity contribution in [3.8, 4) is 11.3 Å². The molecule has 1 aliphatic rings. The van der Waals surface area contributed by atoms with Gasteiger partial charge in [-0.25, -0.2) is 4.68 Å². The van der Waals surface area contributed by atoms with Crippen molar-refractivity contribution in [3.05, 3.63) is 71.4 Å². The van der Waals surface area contributed by atoms with Crippen LogP contribution in [0.2, 0.25) is 0 Å². The second kappa shape index (κ2) is 6.16. The Balaban J connectivity index is 1.43. The summed E-state index contributed by atoms with van der Waals surface area (Å²) < 4.78 is 1.87. The molecule has 1 aliphatic heterocycles. The fourth-order valence-corrected chi connectivity index (χ4v) is 3.04. The van der Waals surface area contributed by atoms with Crippen molar-refractivity contribution in [2.75, 3.05) is 13.1 Å². The summed E-state index contributed by atoms with van der Waals surface area (Å²) in [7, 11) is 0. The number of amides is 1. The zero-order valence-corrected chi connectivity index (χ0v) is 14.4. The van der Waals surface area contributed by atoms with Gasteiger partial charge in [-0.15, -0.1) is 5.10 Å². The van der Waals surface area contributed by atoms with Gasteiger partial charge in [0.05, 0.1) is 12.2 Å². The molecule has 25 heavy (non-hydrogen) atoms. The van der Waals surface area contributed by atoms with E-state index in [9.17, 15) is 4.79 Å². The van der Waals surface area contributed by atoms with E-state index in [0.717, 1.165) is 22.4 Å². The fraction of sp³-hybridized carbons (Fsp3) is 0.250. The van der Waals surface area contributed by atoms with Crippen LogP contribution in [0.15, 0.2) is 54.7 Å². The Kier molecular flexibility index (Phi) is 3.84. The van der Waals surface area contributed by atoms with Gasteiger partial charge in [0.25, 0.3) is 5.91 Å². The Hall–Kier alpha value is -2.95. The van der Waals surface area contributed by atoms with E-state index >= 15 is 0 Å². The lowest BCUT2D eigenvalue weighted by Gasteiger charge is -2.38. The van der Waals surface area contributed by atoms with E-state index in [1.165, 1.54) is 5.56 Å². The largest absolute Gasteiger partial charge is 0.334 e. The maximum atomic E-state index is 12.6. The molecular formula is C20H20N4O. The number of hydrogen-bond acceptors (Lipinski definition) is 3. The van der Waals surface area contributed by atoms with Gasteiger partial charge >= 0.3 is 0 Å². The fourth-order valence-electron chi connectivity index (χ4n) is 3.04. The first kappa shape index (κ1) is 15.6. The molecule has 0 saturated carbocycles. The summed E-state index contributed by atoms with van der Waals surface area (Å²) in [6, 6.07) is 16.1. The van der Waals surface area contributed by atoms with Crippen molar-refractivity contribution in [1.29, 1.82) is 0 Å². The van der Waals surface area contributed by atoms with Crippen LogP contribution in [0.25, 0.3) is 11.3 Å². The van der Waals surface area contributed by atoms with E-state index in [1.54, 1.807) is 0 Å². The first-order chi connectivity index (χ1) is 12.1. The Labute approximate surface area is 146 Å². The maximum absolute atomic E-state index is 12.6. The van der Waals surface area contributed by atoms with Gasteiger partial charge in [-0.2, -0.15) is 0 Å². The third kappa shape index (κ3) is 2.93. The summed E-state index contributed by atoms with van der Waals surface area (Å²) in [5, 5.41) is 8.48. The summed E-state index contributed by atoms with van der Waals surface area (Å²) in [4.78, 5) is 14.4. The summed E-state index contributed by atoms with van der Waals surface area (Å²) in [5.41, 5.74) is 5.02. The molecule has 0 unspecified atom stereocenters. The van der Waals surface area contributed by atoms with Crippen molar-refractivity contribution in [1.82, 2.24) is 19.9 Å². The van der Waals surface area contributed by atoms with Gasteiger partial charge in [-0.3, -0.25) is 4.79 Å². The molecule has 0 N–H and O–H groups in total. The molecule has 0 radical (unpaired) electrons. The van der Waals surface area contributed by atoms with E-state index in [4.69, 9.17) is 0 Å². The van der Waals surface area contributed by atoms with Gasteiger partial charge in [0, 0.05) is 24.2 Å². The van der Waals surface area contributed by atoms with Crippen LogP contribution < -0.4 is 0 Å². The lowest BCUT2D eigenvalue weighted by molar-refractivity contribution is 0.0498. The van der Waals surface area contributed by atoms with Crippen molar-refractivity contribution < 1.29 is 4.79 Å².